The molecular weight excluding hydrogens is 210 g/mol. The molecule has 1 aromatic heterocycles. The average Bonchev–Trinajstić information content (AvgIpc) is 2.67. The molecule has 0 fully saturated rings. The molecule has 0 aliphatic heterocycles. The summed E-state index contributed by atoms with van der Waals surface area (Å²) in [4.78, 5) is 0. The minimum Gasteiger partial charge on any atom is -0.508 e. The second kappa shape index (κ2) is 4.37. The second-order valence-corrected chi connectivity index (χ2v) is 4.14. The van der Waals surface area contributed by atoms with Gasteiger partial charge in [0.05, 0.1) is 0 Å². The Balaban J connectivity index is 2.29. The van der Waals surface area contributed by atoms with E-state index >= 15 is 0 Å². The van der Waals surface area contributed by atoms with Crippen molar-refractivity contribution in [3.63, 3.8) is 0 Å². The lowest BCUT2D eigenvalue weighted by Crippen LogP contribution is -2.04. The monoisotopic (exact) mass is 221 g/mol. The number of rotatable bonds is 3. The first-order valence-electron chi connectivity index (χ1n) is 4.56. The molecule has 0 atom stereocenters. The quantitative estimate of drug-likeness (QED) is 0.827. The van der Waals surface area contributed by atoms with Gasteiger partial charge in [0.15, 0.2) is 0 Å². The molecule has 1 heterocycles. The molecular formula is C10H11N3OS. The smallest absolute Gasteiger partial charge is 0.147 e. The normalized spacial score (nSPS) is 10.5. The van der Waals surface area contributed by atoms with Gasteiger partial charge < -0.3 is 10.4 Å². The van der Waals surface area contributed by atoms with Crippen molar-refractivity contribution < 1.29 is 5.11 Å². The Hall–Kier alpha value is -1.46. The van der Waals surface area contributed by atoms with Crippen molar-refractivity contribution in [1.29, 1.82) is 0 Å². The number of nitrogens with one attached hydrogen (secondary N) is 1. The van der Waals surface area contributed by atoms with E-state index in [1.54, 1.807) is 18.2 Å². The predicted molar refractivity (Wildman–Crippen MR) is 59.8 cm³/mol. The molecule has 1 aromatic carbocycles. The van der Waals surface area contributed by atoms with Crippen LogP contribution >= 0.6 is 11.3 Å². The van der Waals surface area contributed by atoms with Crippen LogP contribution in [0.15, 0.2) is 24.3 Å². The maximum absolute atomic E-state index is 9.33. The van der Waals surface area contributed by atoms with Crippen LogP contribution in [0.3, 0.4) is 0 Å². The molecule has 0 amide bonds. The minimum absolute atomic E-state index is 0.248. The zero-order valence-electron chi connectivity index (χ0n) is 8.27. The van der Waals surface area contributed by atoms with Crippen molar-refractivity contribution in [3.05, 3.63) is 29.3 Å². The summed E-state index contributed by atoms with van der Waals surface area (Å²) < 4.78 is 0. The number of nitrogens with zero attached hydrogens (tertiary/aromatic N) is 2. The Bertz CT molecular complexity index is 455. The zero-order valence-corrected chi connectivity index (χ0v) is 9.08. The van der Waals surface area contributed by atoms with Gasteiger partial charge in [0.25, 0.3) is 0 Å². The lowest BCUT2D eigenvalue weighted by molar-refractivity contribution is 0.475. The van der Waals surface area contributed by atoms with E-state index in [2.05, 4.69) is 15.5 Å². The van der Waals surface area contributed by atoms with Crippen LogP contribution in [-0.2, 0) is 6.54 Å². The summed E-state index contributed by atoms with van der Waals surface area (Å²) in [5.74, 6) is 0.248. The molecule has 2 N–H and O–H groups in total. The number of aromatic nitrogens is 2. The van der Waals surface area contributed by atoms with Crippen LogP contribution < -0.4 is 5.32 Å². The summed E-state index contributed by atoms with van der Waals surface area (Å²) in [6.45, 7) is 0.719. The van der Waals surface area contributed by atoms with Crippen molar-refractivity contribution in [1.82, 2.24) is 15.5 Å². The SMILES string of the molecule is CNCc1nnc(-c2cccc(O)c2)s1. The topological polar surface area (TPSA) is 58.0 Å². The van der Waals surface area contributed by atoms with Gasteiger partial charge in [-0.05, 0) is 19.2 Å². The number of hydrogen-bond donors (Lipinski definition) is 2. The fraction of sp³-hybridized carbons (Fsp3) is 0.200. The summed E-state index contributed by atoms with van der Waals surface area (Å²) in [7, 11) is 1.87. The van der Waals surface area contributed by atoms with Crippen LogP contribution in [0, 0.1) is 0 Å². The Morgan fingerprint density at radius 3 is 3.00 bits per heavy atom. The van der Waals surface area contributed by atoms with Gasteiger partial charge in [-0.1, -0.05) is 23.5 Å². The molecule has 0 aliphatic rings. The van der Waals surface area contributed by atoms with Crippen LogP contribution in [-0.4, -0.2) is 22.4 Å². The highest BCUT2D eigenvalue weighted by atomic mass is 32.1. The molecule has 0 bridgehead atoms. The highest BCUT2D eigenvalue weighted by Crippen LogP contribution is 2.25. The van der Waals surface area contributed by atoms with Gasteiger partial charge in [-0.15, -0.1) is 10.2 Å². The van der Waals surface area contributed by atoms with Gasteiger partial charge in [0, 0.05) is 12.1 Å². The molecule has 0 radical (unpaired) electrons. The first kappa shape index (κ1) is 10.1. The first-order chi connectivity index (χ1) is 7.29. The number of hydrogen-bond acceptors (Lipinski definition) is 5. The Morgan fingerprint density at radius 1 is 1.40 bits per heavy atom. The highest BCUT2D eigenvalue weighted by Gasteiger charge is 2.05. The first-order valence-corrected chi connectivity index (χ1v) is 5.37. The van der Waals surface area contributed by atoms with E-state index < -0.39 is 0 Å². The second-order valence-electron chi connectivity index (χ2n) is 3.08. The molecule has 15 heavy (non-hydrogen) atoms. The molecule has 0 saturated heterocycles. The van der Waals surface area contributed by atoms with E-state index in [1.165, 1.54) is 11.3 Å². The molecule has 2 rings (SSSR count). The summed E-state index contributed by atoms with van der Waals surface area (Å²) in [5, 5.41) is 22.2. The van der Waals surface area contributed by atoms with Crippen molar-refractivity contribution >= 4 is 11.3 Å². The lowest BCUT2D eigenvalue weighted by atomic mass is 10.2. The predicted octanol–water partition coefficient (Wildman–Crippen LogP) is 1.63. The van der Waals surface area contributed by atoms with Gasteiger partial charge >= 0.3 is 0 Å². The third-order valence-electron chi connectivity index (χ3n) is 1.89. The van der Waals surface area contributed by atoms with Crippen LogP contribution in [0.5, 0.6) is 5.75 Å². The van der Waals surface area contributed by atoms with Crippen molar-refractivity contribution in [2.24, 2.45) is 0 Å². The van der Waals surface area contributed by atoms with Crippen molar-refractivity contribution in [2.45, 2.75) is 6.54 Å². The largest absolute Gasteiger partial charge is 0.508 e. The summed E-state index contributed by atoms with van der Waals surface area (Å²) >= 11 is 1.52. The minimum atomic E-state index is 0.248. The summed E-state index contributed by atoms with van der Waals surface area (Å²) in [6, 6.07) is 7.02. The standard InChI is InChI=1S/C10H11N3OS/c1-11-6-9-12-13-10(15-9)7-3-2-4-8(14)5-7/h2-5,11,14H,6H2,1H3. The van der Waals surface area contributed by atoms with Crippen LogP contribution in [0.2, 0.25) is 0 Å². The molecule has 5 heteroatoms. The molecule has 0 unspecified atom stereocenters. The fourth-order valence-corrected chi connectivity index (χ4v) is 2.08. The average molecular weight is 221 g/mol. The van der Waals surface area contributed by atoms with Gasteiger partial charge in [0.2, 0.25) is 0 Å². The molecule has 2 aromatic rings. The van der Waals surface area contributed by atoms with Crippen LogP contribution in [0.1, 0.15) is 5.01 Å². The highest BCUT2D eigenvalue weighted by molar-refractivity contribution is 7.14. The summed E-state index contributed by atoms with van der Waals surface area (Å²) in [6.07, 6.45) is 0. The molecule has 78 valence electrons. The van der Waals surface area contributed by atoms with Crippen LogP contribution in [0.4, 0.5) is 0 Å². The molecule has 0 spiro atoms. The van der Waals surface area contributed by atoms with E-state index in [0.717, 1.165) is 22.1 Å². The Morgan fingerprint density at radius 2 is 2.27 bits per heavy atom. The van der Waals surface area contributed by atoms with E-state index in [9.17, 15) is 5.11 Å². The number of phenolic OH excluding ortho intramolecular Hbond substituents is 1. The van der Waals surface area contributed by atoms with Gasteiger partial charge in [0.1, 0.15) is 15.8 Å². The Kier molecular flexibility index (Phi) is 2.94. The fourth-order valence-electron chi connectivity index (χ4n) is 1.23. The van der Waals surface area contributed by atoms with Gasteiger partial charge in [-0.25, -0.2) is 0 Å². The molecule has 4 nitrogen and oxygen atoms in total. The molecule has 0 saturated carbocycles. The van der Waals surface area contributed by atoms with Gasteiger partial charge in [-0.3, -0.25) is 0 Å². The Labute approximate surface area is 91.6 Å². The number of benzene rings is 1. The number of aromatic hydroxyl groups is 1. The van der Waals surface area contributed by atoms with Crippen molar-refractivity contribution in [3.8, 4) is 16.3 Å². The van der Waals surface area contributed by atoms with Crippen LogP contribution in [0.25, 0.3) is 10.6 Å². The third-order valence-corrected chi connectivity index (χ3v) is 2.86. The van der Waals surface area contributed by atoms with E-state index in [4.69, 9.17) is 0 Å². The van der Waals surface area contributed by atoms with E-state index in [-0.39, 0.29) is 5.75 Å². The zero-order chi connectivity index (χ0) is 10.7. The number of phenols is 1. The van der Waals surface area contributed by atoms with E-state index in [0.29, 0.717) is 0 Å². The lowest BCUT2D eigenvalue weighted by Gasteiger charge is -1.95. The van der Waals surface area contributed by atoms with Crippen molar-refractivity contribution in [2.75, 3.05) is 7.05 Å². The van der Waals surface area contributed by atoms with Gasteiger partial charge in [-0.2, -0.15) is 0 Å². The summed E-state index contributed by atoms with van der Waals surface area (Å²) in [5.41, 5.74) is 0.898. The third kappa shape index (κ3) is 2.31. The maximum Gasteiger partial charge on any atom is 0.147 e. The van der Waals surface area contributed by atoms with E-state index in [1.807, 2.05) is 13.1 Å². The molecule has 0 aliphatic carbocycles. The maximum atomic E-state index is 9.33.